The first-order valence-corrected chi connectivity index (χ1v) is 7.60. The van der Waals surface area contributed by atoms with E-state index < -0.39 is 17.6 Å². The Kier molecular flexibility index (Phi) is 4.40. The quantitative estimate of drug-likeness (QED) is 0.503. The van der Waals surface area contributed by atoms with Gasteiger partial charge < -0.3 is 9.15 Å². The number of ether oxygens (including phenoxy) is 1. The van der Waals surface area contributed by atoms with Crippen molar-refractivity contribution in [1.29, 1.82) is 0 Å². The van der Waals surface area contributed by atoms with Crippen molar-refractivity contribution in [2.45, 2.75) is 6.61 Å². The summed E-state index contributed by atoms with van der Waals surface area (Å²) in [6, 6.07) is 5.11. The highest BCUT2D eigenvalue weighted by Gasteiger charge is 2.17. The maximum absolute atomic E-state index is 13.2. The first-order valence-electron chi connectivity index (χ1n) is 6.34. The van der Waals surface area contributed by atoms with E-state index in [0.717, 1.165) is 10.9 Å². The Morgan fingerprint density at radius 2 is 2.13 bits per heavy atom. The maximum atomic E-state index is 13.2. The van der Waals surface area contributed by atoms with E-state index in [9.17, 15) is 13.6 Å². The summed E-state index contributed by atoms with van der Waals surface area (Å²) in [5, 5.41) is 1.65. The molecule has 0 bridgehead atoms. The van der Waals surface area contributed by atoms with Crippen molar-refractivity contribution in [1.82, 2.24) is 4.98 Å². The number of esters is 1. The predicted octanol–water partition coefficient (Wildman–Crippen LogP) is 4.69. The van der Waals surface area contributed by atoms with Gasteiger partial charge in [-0.25, -0.2) is 18.6 Å². The van der Waals surface area contributed by atoms with Crippen LogP contribution in [0.15, 0.2) is 40.3 Å². The van der Waals surface area contributed by atoms with Crippen molar-refractivity contribution >= 4 is 28.9 Å². The SMILES string of the molecule is O=C(OCc1coc(-c2cccs2)n1)c1cc(F)c(F)cc1Cl. The van der Waals surface area contributed by atoms with E-state index in [4.69, 9.17) is 20.8 Å². The molecule has 8 heteroatoms. The number of benzene rings is 1. The lowest BCUT2D eigenvalue weighted by atomic mass is 10.2. The summed E-state index contributed by atoms with van der Waals surface area (Å²) in [4.78, 5) is 16.9. The second-order valence-electron chi connectivity index (χ2n) is 4.44. The Hall–Kier alpha value is -2.25. The molecular weight excluding hydrogens is 348 g/mol. The molecule has 0 saturated carbocycles. The van der Waals surface area contributed by atoms with Crippen LogP contribution in [0.3, 0.4) is 0 Å². The summed E-state index contributed by atoms with van der Waals surface area (Å²) in [5.74, 6) is -2.78. The molecule has 0 atom stereocenters. The molecule has 3 rings (SSSR count). The molecule has 0 aliphatic heterocycles. The van der Waals surface area contributed by atoms with Gasteiger partial charge >= 0.3 is 5.97 Å². The van der Waals surface area contributed by atoms with E-state index in [-0.39, 0.29) is 17.2 Å². The predicted molar refractivity (Wildman–Crippen MR) is 80.3 cm³/mol. The van der Waals surface area contributed by atoms with Crippen LogP contribution < -0.4 is 0 Å². The van der Waals surface area contributed by atoms with Crippen LogP contribution in [0.5, 0.6) is 0 Å². The van der Waals surface area contributed by atoms with Gasteiger partial charge in [-0.2, -0.15) is 0 Å². The average Bonchev–Trinajstić information content (AvgIpc) is 3.19. The van der Waals surface area contributed by atoms with E-state index in [0.29, 0.717) is 17.7 Å². The van der Waals surface area contributed by atoms with Gasteiger partial charge in [0, 0.05) is 0 Å². The van der Waals surface area contributed by atoms with Crippen LogP contribution in [0.2, 0.25) is 5.02 Å². The number of carbonyl (C=O) groups is 1. The number of hydrogen-bond donors (Lipinski definition) is 0. The average molecular weight is 356 g/mol. The molecule has 0 spiro atoms. The normalized spacial score (nSPS) is 10.7. The van der Waals surface area contributed by atoms with Gasteiger partial charge in [0.15, 0.2) is 11.6 Å². The molecular formula is C15H8ClF2NO3S. The van der Waals surface area contributed by atoms with Crippen molar-refractivity contribution in [3.8, 4) is 10.8 Å². The number of thiophene rings is 1. The zero-order valence-electron chi connectivity index (χ0n) is 11.4. The molecule has 2 heterocycles. The van der Waals surface area contributed by atoms with Crippen molar-refractivity contribution in [3.63, 3.8) is 0 Å². The summed E-state index contributed by atoms with van der Waals surface area (Å²) in [6.07, 6.45) is 1.36. The first-order chi connectivity index (χ1) is 11.0. The molecule has 0 aliphatic carbocycles. The first kappa shape index (κ1) is 15.6. The third-order valence-corrected chi connectivity index (χ3v) is 4.04. The second-order valence-corrected chi connectivity index (χ2v) is 5.80. The summed E-state index contributed by atoms with van der Waals surface area (Å²) in [5.41, 5.74) is 0.132. The molecule has 4 nitrogen and oxygen atoms in total. The number of hydrogen-bond acceptors (Lipinski definition) is 5. The van der Waals surface area contributed by atoms with E-state index in [2.05, 4.69) is 4.98 Å². The standard InChI is InChI=1S/C15H8ClF2NO3S/c16-10-5-12(18)11(17)4-9(10)15(20)22-7-8-6-21-14(19-8)13-2-1-3-23-13/h1-6H,7H2. The van der Waals surface area contributed by atoms with Gasteiger partial charge in [0.1, 0.15) is 18.6 Å². The van der Waals surface area contributed by atoms with Gasteiger partial charge in [-0.1, -0.05) is 17.7 Å². The molecule has 0 aliphatic rings. The Morgan fingerprint density at radius 3 is 2.87 bits per heavy atom. The van der Waals surface area contributed by atoms with E-state index in [1.165, 1.54) is 17.6 Å². The van der Waals surface area contributed by atoms with Crippen LogP contribution in [0.25, 0.3) is 10.8 Å². The van der Waals surface area contributed by atoms with Gasteiger partial charge in [0.2, 0.25) is 5.89 Å². The summed E-state index contributed by atoms with van der Waals surface area (Å²) >= 11 is 7.17. The van der Waals surface area contributed by atoms with Crippen LogP contribution in [-0.2, 0) is 11.3 Å². The molecule has 0 saturated heterocycles. The van der Waals surface area contributed by atoms with Crippen LogP contribution in [-0.4, -0.2) is 11.0 Å². The Labute approximate surface area is 138 Å². The topological polar surface area (TPSA) is 52.3 Å². The third-order valence-electron chi connectivity index (χ3n) is 2.86. The number of rotatable bonds is 4. The molecule has 0 radical (unpaired) electrons. The van der Waals surface area contributed by atoms with Crippen LogP contribution >= 0.6 is 22.9 Å². The highest BCUT2D eigenvalue weighted by Crippen LogP contribution is 2.24. The van der Waals surface area contributed by atoms with Crippen molar-refractivity contribution in [2.24, 2.45) is 0 Å². The fraction of sp³-hybridized carbons (Fsp3) is 0.0667. The number of carbonyl (C=O) groups excluding carboxylic acids is 1. The Balaban J connectivity index is 1.69. The number of oxazole rings is 1. The lowest BCUT2D eigenvalue weighted by molar-refractivity contribution is 0.0467. The fourth-order valence-electron chi connectivity index (χ4n) is 1.78. The maximum Gasteiger partial charge on any atom is 0.340 e. The zero-order chi connectivity index (χ0) is 16.4. The Bertz CT molecular complexity index is 849. The summed E-state index contributed by atoms with van der Waals surface area (Å²) < 4.78 is 36.4. The highest BCUT2D eigenvalue weighted by molar-refractivity contribution is 7.13. The summed E-state index contributed by atoms with van der Waals surface area (Å²) in [7, 11) is 0. The molecule has 2 aromatic heterocycles. The van der Waals surface area contributed by atoms with E-state index in [1.54, 1.807) is 0 Å². The molecule has 0 N–H and O–H groups in total. The fourth-order valence-corrected chi connectivity index (χ4v) is 2.67. The molecule has 0 fully saturated rings. The number of halogens is 3. The van der Waals surface area contributed by atoms with Gasteiger partial charge in [-0.05, 0) is 23.6 Å². The molecule has 23 heavy (non-hydrogen) atoms. The second kappa shape index (κ2) is 6.47. The van der Waals surface area contributed by atoms with Gasteiger partial charge in [0.05, 0.1) is 15.5 Å². The molecule has 118 valence electrons. The van der Waals surface area contributed by atoms with Crippen LogP contribution in [0.4, 0.5) is 8.78 Å². The van der Waals surface area contributed by atoms with Crippen molar-refractivity contribution < 1.29 is 22.7 Å². The Morgan fingerprint density at radius 1 is 1.35 bits per heavy atom. The van der Waals surface area contributed by atoms with Crippen LogP contribution in [0, 0.1) is 11.6 Å². The molecule has 1 aromatic carbocycles. The third kappa shape index (κ3) is 3.40. The van der Waals surface area contributed by atoms with E-state index in [1.807, 2.05) is 17.5 Å². The lowest BCUT2D eigenvalue weighted by Crippen LogP contribution is -2.07. The lowest BCUT2D eigenvalue weighted by Gasteiger charge is -2.05. The zero-order valence-corrected chi connectivity index (χ0v) is 13.0. The monoisotopic (exact) mass is 355 g/mol. The van der Waals surface area contributed by atoms with Gasteiger partial charge in [-0.3, -0.25) is 0 Å². The molecule has 0 amide bonds. The largest absolute Gasteiger partial charge is 0.455 e. The molecule has 3 aromatic rings. The summed E-state index contributed by atoms with van der Waals surface area (Å²) in [6.45, 7) is -0.178. The minimum Gasteiger partial charge on any atom is -0.455 e. The van der Waals surface area contributed by atoms with Gasteiger partial charge in [-0.15, -0.1) is 11.3 Å². The molecule has 0 unspecified atom stereocenters. The minimum atomic E-state index is -1.18. The van der Waals surface area contributed by atoms with Crippen molar-refractivity contribution in [2.75, 3.05) is 0 Å². The smallest absolute Gasteiger partial charge is 0.340 e. The highest BCUT2D eigenvalue weighted by atomic mass is 35.5. The van der Waals surface area contributed by atoms with Crippen LogP contribution in [0.1, 0.15) is 16.1 Å². The minimum absolute atomic E-state index is 0.178. The number of nitrogens with zero attached hydrogens (tertiary/aromatic N) is 1. The van der Waals surface area contributed by atoms with Crippen molar-refractivity contribution in [3.05, 3.63) is 63.8 Å². The van der Waals surface area contributed by atoms with E-state index >= 15 is 0 Å². The number of aromatic nitrogens is 1. The van der Waals surface area contributed by atoms with Gasteiger partial charge in [0.25, 0.3) is 0 Å².